The van der Waals surface area contributed by atoms with Crippen molar-refractivity contribution in [3.05, 3.63) is 111 Å². The Labute approximate surface area is 262 Å². The molecule has 0 radical (unpaired) electrons. The highest BCUT2D eigenvalue weighted by Gasteiger charge is 2.43. The van der Waals surface area contributed by atoms with Gasteiger partial charge in [0.25, 0.3) is 0 Å². The van der Waals surface area contributed by atoms with Gasteiger partial charge in [-0.25, -0.2) is 3.63 Å². The Hall–Kier alpha value is 0.0200. The lowest BCUT2D eigenvalue weighted by atomic mass is 10.2. The first kappa shape index (κ1) is 29.0. The number of rotatable bonds is 6. The summed E-state index contributed by atoms with van der Waals surface area (Å²) in [5, 5.41) is 0. The summed E-state index contributed by atoms with van der Waals surface area (Å²) in [4.78, 5) is 2.11. The van der Waals surface area contributed by atoms with Gasteiger partial charge in [0.2, 0.25) is 0 Å². The summed E-state index contributed by atoms with van der Waals surface area (Å²) in [7, 11) is -7.16. The van der Waals surface area contributed by atoms with E-state index in [9.17, 15) is 8.42 Å². The molecule has 36 heavy (non-hydrogen) atoms. The summed E-state index contributed by atoms with van der Waals surface area (Å²) in [6, 6.07) is 23.6. The van der Waals surface area contributed by atoms with Crippen LogP contribution in [0, 0.1) is 6.92 Å². The molecular weight excluding hydrogens is 892 g/mol. The third-order valence-corrected chi connectivity index (χ3v) is 14.9. The lowest BCUT2D eigenvalue weighted by molar-refractivity contribution is 0.507. The van der Waals surface area contributed by atoms with Crippen LogP contribution in [0.5, 0.6) is 0 Å². The molecule has 0 unspecified atom stereocenters. The third-order valence-electron chi connectivity index (χ3n) is 5.08. The van der Waals surface area contributed by atoms with E-state index >= 15 is 0 Å². The van der Waals surface area contributed by atoms with Gasteiger partial charge in [0.05, 0.1) is 14.7 Å². The van der Waals surface area contributed by atoms with Crippen LogP contribution >= 0.6 is 106 Å². The Morgan fingerprint density at radius 2 is 1.00 bits per heavy atom. The summed E-state index contributed by atoms with van der Waals surface area (Å²) >= 11 is 21.9. The Balaban J connectivity index is 2.18. The predicted octanol–water partition coefficient (Wildman–Crippen LogP) is 11.2. The van der Waals surface area contributed by atoms with Gasteiger partial charge in [-0.15, -0.1) is 0 Å². The first-order valence-corrected chi connectivity index (χ1v) is 17.9. The van der Waals surface area contributed by atoms with Crippen molar-refractivity contribution in [1.82, 2.24) is 0 Å². The maximum Gasteiger partial charge on any atom is 0.307 e. The van der Waals surface area contributed by atoms with Crippen molar-refractivity contribution in [2.75, 3.05) is 0 Å². The molecule has 11 heteroatoms. The number of halogens is 6. The van der Waals surface area contributed by atoms with Crippen molar-refractivity contribution in [2.45, 2.75) is 26.5 Å². The molecule has 0 bridgehead atoms. The molecule has 0 spiro atoms. The van der Waals surface area contributed by atoms with Gasteiger partial charge in [-0.3, -0.25) is 0 Å². The van der Waals surface area contributed by atoms with Crippen molar-refractivity contribution in [1.29, 1.82) is 0 Å². The molecule has 0 amide bonds. The van der Waals surface area contributed by atoms with Gasteiger partial charge in [0.15, 0.2) is 0 Å². The molecular formula is C25H16Br6O3S2. The SMILES string of the molecule is Cc1ccc(S(=O)(=O)OS(c2ccccc2)(c2c(Br)cc(Br)cc2Br)c2c(Br)cc(Br)cc2Br)cc1. The van der Waals surface area contributed by atoms with E-state index in [1.165, 1.54) is 0 Å². The minimum Gasteiger partial charge on any atom is -0.203 e. The maximum atomic E-state index is 14.0. The van der Waals surface area contributed by atoms with E-state index < -0.39 is 20.4 Å². The molecule has 0 aromatic heterocycles. The molecule has 4 rings (SSSR count). The predicted molar refractivity (Wildman–Crippen MR) is 167 cm³/mol. The van der Waals surface area contributed by atoms with Crippen LogP contribution in [0.2, 0.25) is 0 Å². The van der Waals surface area contributed by atoms with Crippen molar-refractivity contribution < 1.29 is 12.0 Å². The normalized spacial score (nSPS) is 12.5. The van der Waals surface area contributed by atoms with E-state index in [1.807, 2.05) is 61.5 Å². The molecule has 3 nitrogen and oxygen atoms in total. The summed E-state index contributed by atoms with van der Waals surface area (Å²) in [5.41, 5.74) is 0.951. The first-order chi connectivity index (χ1) is 17.0. The summed E-state index contributed by atoms with van der Waals surface area (Å²) < 4.78 is 38.8. The second-order valence-corrected chi connectivity index (χ2v) is 17.2. The van der Waals surface area contributed by atoms with Crippen LogP contribution < -0.4 is 0 Å². The molecule has 0 aliphatic rings. The van der Waals surface area contributed by atoms with Gasteiger partial charge in [-0.1, -0.05) is 67.8 Å². The largest absolute Gasteiger partial charge is 0.307 e. The Morgan fingerprint density at radius 1 is 0.583 bits per heavy atom. The van der Waals surface area contributed by atoms with Crippen molar-refractivity contribution in [3.63, 3.8) is 0 Å². The number of benzene rings is 4. The number of hydrogen-bond donors (Lipinski definition) is 0. The van der Waals surface area contributed by atoms with E-state index in [4.69, 9.17) is 3.63 Å². The zero-order valence-electron chi connectivity index (χ0n) is 18.3. The highest BCUT2D eigenvalue weighted by molar-refractivity contribution is 9.12. The smallest absolute Gasteiger partial charge is 0.203 e. The Bertz CT molecular complexity index is 1440. The van der Waals surface area contributed by atoms with Gasteiger partial charge in [0, 0.05) is 31.7 Å². The van der Waals surface area contributed by atoms with E-state index in [0.29, 0.717) is 32.6 Å². The topological polar surface area (TPSA) is 43.4 Å². The van der Waals surface area contributed by atoms with Crippen LogP contribution in [-0.4, -0.2) is 8.42 Å². The minimum atomic E-state index is -4.24. The second-order valence-electron chi connectivity index (χ2n) is 7.60. The molecule has 4 aromatic carbocycles. The first-order valence-electron chi connectivity index (χ1n) is 10.2. The van der Waals surface area contributed by atoms with Crippen molar-refractivity contribution in [3.8, 4) is 0 Å². The third kappa shape index (κ3) is 5.79. The van der Waals surface area contributed by atoms with Crippen molar-refractivity contribution >= 4 is 116 Å². The average Bonchev–Trinajstić information content (AvgIpc) is 2.78. The summed E-state index contributed by atoms with van der Waals surface area (Å²) in [6.07, 6.45) is 0. The molecule has 0 saturated heterocycles. The molecule has 0 aliphatic carbocycles. The molecule has 4 aromatic rings. The molecule has 0 fully saturated rings. The maximum absolute atomic E-state index is 14.0. The average molecular weight is 908 g/mol. The second kappa shape index (κ2) is 11.6. The Morgan fingerprint density at radius 3 is 1.42 bits per heavy atom. The highest BCUT2D eigenvalue weighted by atomic mass is 79.9. The summed E-state index contributed by atoms with van der Waals surface area (Å²) in [5.74, 6) is 0. The lowest BCUT2D eigenvalue weighted by Gasteiger charge is -2.41. The van der Waals surface area contributed by atoms with Crippen LogP contribution in [0.3, 0.4) is 0 Å². The molecule has 0 heterocycles. The minimum absolute atomic E-state index is 0.0784. The van der Waals surface area contributed by atoms with Crippen molar-refractivity contribution in [2.24, 2.45) is 0 Å². The molecule has 0 saturated carbocycles. The quantitative estimate of drug-likeness (QED) is 0.194. The lowest BCUT2D eigenvalue weighted by Crippen LogP contribution is -2.16. The van der Waals surface area contributed by atoms with Gasteiger partial charge < -0.3 is 0 Å². The molecule has 188 valence electrons. The monoisotopic (exact) mass is 902 g/mol. The van der Waals surface area contributed by atoms with E-state index in [2.05, 4.69) is 95.6 Å². The zero-order valence-corrected chi connectivity index (χ0v) is 29.5. The van der Waals surface area contributed by atoms with Crippen LogP contribution in [0.4, 0.5) is 0 Å². The fourth-order valence-electron chi connectivity index (χ4n) is 3.54. The molecule has 0 aliphatic heterocycles. The van der Waals surface area contributed by atoms with Crippen LogP contribution in [0.1, 0.15) is 5.56 Å². The fraction of sp³-hybridized carbons (Fsp3) is 0.0400. The van der Waals surface area contributed by atoms with E-state index in [-0.39, 0.29) is 4.90 Å². The van der Waals surface area contributed by atoms with Gasteiger partial charge in [-0.05, 0) is 129 Å². The highest BCUT2D eigenvalue weighted by Crippen LogP contribution is 2.75. The van der Waals surface area contributed by atoms with Crippen LogP contribution in [0.15, 0.2) is 125 Å². The van der Waals surface area contributed by atoms with Gasteiger partial charge >= 0.3 is 10.1 Å². The van der Waals surface area contributed by atoms with E-state index in [0.717, 1.165) is 14.5 Å². The van der Waals surface area contributed by atoms with Crippen LogP contribution in [-0.2, 0) is 13.7 Å². The number of aryl methyl sites for hydroxylation is 1. The summed E-state index contributed by atoms with van der Waals surface area (Å²) in [6.45, 7) is 1.91. The zero-order chi connectivity index (χ0) is 26.3. The fourth-order valence-corrected chi connectivity index (χ4v) is 16.1. The number of hydrogen-bond acceptors (Lipinski definition) is 3. The van der Waals surface area contributed by atoms with Gasteiger partial charge in [-0.2, -0.15) is 8.42 Å². The molecule has 0 atom stereocenters. The van der Waals surface area contributed by atoms with Crippen LogP contribution in [0.25, 0.3) is 0 Å². The van der Waals surface area contributed by atoms with Gasteiger partial charge in [0.1, 0.15) is 0 Å². The standard InChI is InChI=1S/C25H16Br6O3S2/c1-15-7-9-19(10-8-15)36(32,33)34-35(18-5-3-2-4-6-18,24-20(28)11-16(26)12-21(24)29)25-22(30)13-17(27)14-23(25)31/h2-14H,1H3. The molecule has 0 N–H and O–H groups in total. The van der Waals surface area contributed by atoms with E-state index in [1.54, 1.807) is 24.3 Å². The Kier molecular flexibility index (Phi) is 9.38.